The quantitative estimate of drug-likeness (QED) is 0.759. The molecule has 1 unspecified atom stereocenters. The van der Waals surface area contributed by atoms with Crippen LogP contribution in [0.5, 0.6) is 0 Å². The molecular weight excluding hydrogens is 320 g/mol. The molecule has 9 nitrogen and oxygen atoms in total. The number of anilines is 1. The molecule has 1 fully saturated rings. The lowest BCUT2D eigenvalue weighted by molar-refractivity contribution is 0.0957. The van der Waals surface area contributed by atoms with Crippen molar-refractivity contribution in [3.63, 3.8) is 0 Å². The Morgan fingerprint density at radius 2 is 2.12 bits per heavy atom. The van der Waals surface area contributed by atoms with E-state index in [-0.39, 0.29) is 11.9 Å². The lowest BCUT2D eigenvalue weighted by Gasteiger charge is -2.33. The van der Waals surface area contributed by atoms with Gasteiger partial charge < -0.3 is 10.2 Å². The molecule has 0 radical (unpaired) electrons. The van der Waals surface area contributed by atoms with Gasteiger partial charge in [0.05, 0.1) is 6.04 Å². The predicted octanol–water partition coefficient (Wildman–Crippen LogP) is 0.830. The highest BCUT2D eigenvalue weighted by atomic mass is 16.1. The molecule has 0 aromatic carbocycles. The smallest absolute Gasteiger partial charge is 0.271 e. The van der Waals surface area contributed by atoms with Gasteiger partial charge in [-0.1, -0.05) is 0 Å². The first-order valence-corrected chi connectivity index (χ1v) is 8.37. The van der Waals surface area contributed by atoms with Gasteiger partial charge in [-0.3, -0.25) is 9.48 Å². The summed E-state index contributed by atoms with van der Waals surface area (Å²) in [6.07, 6.45) is 3.93. The van der Waals surface area contributed by atoms with Crippen LogP contribution in [0.4, 0.5) is 5.82 Å². The molecule has 9 heteroatoms. The van der Waals surface area contributed by atoms with Crippen LogP contribution in [0, 0.1) is 6.92 Å². The van der Waals surface area contributed by atoms with E-state index in [0.29, 0.717) is 11.5 Å². The van der Waals surface area contributed by atoms with Crippen molar-refractivity contribution in [1.29, 1.82) is 0 Å². The Morgan fingerprint density at radius 3 is 2.96 bits per heavy atom. The molecule has 25 heavy (non-hydrogen) atoms. The zero-order valence-electron chi connectivity index (χ0n) is 14.3. The maximum atomic E-state index is 11.7. The summed E-state index contributed by atoms with van der Waals surface area (Å²) in [5.74, 6) is 1.42. The van der Waals surface area contributed by atoms with Crippen molar-refractivity contribution in [2.75, 3.05) is 25.0 Å². The number of nitrogens with zero attached hydrogens (tertiary/aromatic N) is 7. The van der Waals surface area contributed by atoms with Gasteiger partial charge in [-0.2, -0.15) is 5.10 Å². The van der Waals surface area contributed by atoms with Crippen LogP contribution >= 0.6 is 0 Å². The van der Waals surface area contributed by atoms with E-state index in [1.54, 1.807) is 17.7 Å². The molecule has 1 saturated heterocycles. The van der Waals surface area contributed by atoms with Gasteiger partial charge in [0.1, 0.15) is 11.5 Å². The van der Waals surface area contributed by atoms with E-state index >= 15 is 0 Å². The molecule has 4 heterocycles. The number of carbonyl (C=O) groups excluding carboxylic acids is 1. The Hall–Kier alpha value is -2.97. The number of carbonyl (C=O) groups is 1. The van der Waals surface area contributed by atoms with Crippen LogP contribution in [-0.2, 0) is 0 Å². The summed E-state index contributed by atoms with van der Waals surface area (Å²) in [4.78, 5) is 18.2. The van der Waals surface area contributed by atoms with Crippen LogP contribution in [-0.4, -0.2) is 55.6 Å². The number of rotatable bonds is 3. The number of aromatic nitrogens is 6. The summed E-state index contributed by atoms with van der Waals surface area (Å²) in [6.45, 7) is 3.58. The fourth-order valence-corrected chi connectivity index (χ4v) is 3.22. The molecule has 0 aliphatic carbocycles. The van der Waals surface area contributed by atoms with Crippen LogP contribution in [0.15, 0.2) is 24.4 Å². The summed E-state index contributed by atoms with van der Waals surface area (Å²) in [5, 5.41) is 15.9. The lowest BCUT2D eigenvalue weighted by atomic mass is 10.1. The monoisotopic (exact) mass is 340 g/mol. The largest absolute Gasteiger partial charge is 0.354 e. The molecule has 0 bridgehead atoms. The van der Waals surface area contributed by atoms with Crippen molar-refractivity contribution in [3.8, 4) is 0 Å². The minimum absolute atomic E-state index is 0.167. The summed E-state index contributed by atoms with van der Waals surface area (Å²) < 4.78 is 3.46. The summed E-state index contributed by atoms with van der Waals surface area (Å²) in [5.41, 5.74) is 1.19. The first-order valence-electron chi connectivity index (χ1n) is 8.37. The van der Waals surface area contributed by atoms with E-state index in [4.69, 9.17) is 0 Å². The van der Waals surface area contributed by atoms with Gasteiger partial charge in [0, 0.05) is 26.3 Å². The van der Waals surface area contributed by atoms with E-state index in [9.17, 15) is 4.79 Å². The molecule has 1 aliphatic heterocycles. The van der Waals surface area contributed by atoms with Gasteiger partial charge in [-0.25, -0.2) is 4.98 Å². The van der Waals surface area contributed by atoms with Crippen LogP contribution in [0.1, 0.15) is 35.2 Å². The van der Waals surface area contributed by atoms with Gasteiger partial charge >= 0.3 is 0 Å². The first kappa shape index (κ1) is 15.6. The molecule has 3 aromatic rings. The van der Waals surface area contributed by atoms with Gasteiger partial charge in [-0.15, -0.1) is 14.8 Å². The highest BCUT2D eigenvalue weighted by Crippen LogP contribution is 2.24. The van der Waals surface area contributed by atoms with Crippen LogP contribution < -0.4 is 10.2 Å². The standard InChI is InChI=1S/C16H20N8O/c1-11-18-14-5-6-15(21-24(14)19-11)22-8-3-4-12(10-22)23-9-7-13(20-23)16(25)17-2/h5-7,9,12H,3-4,8,10H2,1-2H3,(H,17,25). The second kappa shape index (κ2) is 6.15. The molecule has 130 valence electrons. The highest BCUT2D eigenvalue weighted by Gasteiger charge is 2.24. The average molecular weight is 340 g/mol. The Labute approximate surface area is 144 Å². The van der Waals surface area contributed by atoms with Gasteiger partial charge in [0.2, 0.25) is 0 Å². The number of hydrogen-bond donors (Lipinski definition) is 1. The van der Waals surface area contributed by atoms with E-state index in [1.807, 2.05) is 29.9 Å². The molecule has 1 aliphatic rings. The molecular formula is C16H20N8O. The molecule has 1 N–H and O–H groups in total. The van der Waals surface area contributed by atoms with Crippen LogP contribution in [0.3, 0.4) is 0 Å². The summed E-state index contributed by atoms with van der Waals surface area (Å²) in [6, 6.07) is 5.87. The van der Waals surface area contributed by atoms with E-state index in [2.05, 4.69) is 30.5 Å². The minimum Gasteiger partial charge on any atom is -0.354 e. The molecule has 0 spiro atoms. The van der Waals surface area contributed by atoms with Crippen molar-refractivity contribution < 1.29 is 4.79 Å². The molecule has 3 aromatic heterocycles. The molecule has 0 saturated carbocycles. The Balaban J connectivity index is 1.55. The zero-order valence-corrected chi connectivity index (χ0v) is 14.3. The number of amides is 1. The normalized spacial score (nSPS) is 17.8. The molecule has 1 atom stereocenters. The van der Waals surface area contributed by atoms with Crippen molar-refractivity contribution >= 4 is 17.4 Å². The third-order valence-electron chi connectivity index (χ3n) is 4.46. The number of aryl methyl sites for hydroxylation is 1. The average Bonchev–Trinajstić information content (AvgIpc) is 3.26. The highest BCUT2D eigenvalue weighted by molar-refractivity contribution is 5.91. The van der Waals surface area contributed by atoms with Crippen LogP contribution in [0.25, 0.3) is 5.65 Å². The van der Waals surface area contributed by atoms with Crippen LogP contribution in [0.2, 0.25) is 0 Å². The second-order valence-corrected chi connectivity index (χ2v) is 6.20. The fraction of sp³-hybridized carbons (Fsp3) is 0.438. The zero-order chi connectivity index (χ0) is 17.4. The van der Waals surface area contributed by atoms with E-state index in [0.717, 1.165) is 37.4 Å². The maximum absolute atomic E-state index is 11.7. The molecule has 1 amide bonds. The fourth-order valence-electron chi connectivity index (χ4n) is 3.22. The van der Waals surface area contributed by atoms with Crippen molar-refractivity contribution in [3.05, 3.63) is 35.9 Å². The Morgan fingerprint density at radius 1 is 1.24 bits per heavy atom. The lowest BCUT2D eigenvalue weighted by Crippen LogP contribution is -2.37. The third-order valence-corrected chi connectivity index (χ3v) is 4.46. The number of nitrogens with one attached hydrogen (secondary N) is 1. The van der Waals surface area contributed by atoms with Crippen molar-refractivity contribution in [2.24, 2.45) is 0 Å². The topological polar surface area (TPSA) is 93.2 Å². The number of fused-ring (bicyclic) bond motifs is 1. The van der Waals surface area contributed by atoms with Crippen molar-refractivity contribution in [1.82, 2.24) is 34.9 Å². The predicted molar refractivity (Wildman–Crippen MR) is 91.6 cm³/mol. The van der Waals surface area contributed by atoms with Gasteiger partial charge in [-0.05, 0) is 38.0 Å². The minimum atomic E-state index is -0.167. The summed E-state index contributed by atoms with van der Waals surface area (Å²) >= 11 is 0. The summed E-state index contributed by atoms with van der Waals surface area (Å²) in [7, 11) is 1.61. The maximum Gasteiger partial charge on any atom is 0.271 e. The Kier molecular flexibility index (Phi) is 3.83. The first-order chi connectivity index (χ1) is 12.1. The number of hydrogen-bond acceptors (Lipinski definition) is 6. The van der Waals surface area contributed by atoms with E-state index < -0.39 is 0 Å². The van der Waals surface area contributed by atoms with Gasteiger partial charge in [0.15, 0.2) is 11.5 Å². The van der Waals surface area contributed by atoms with Crippen molar-refractivity contribution in [2.45, 2.75) is 25.8 Å². The second-order valence-electron chi connectivity index (χ2n) is 6.20. The molecule has 4 rings (SSSR count). The Bertz CT molecular complexity index is 914. The van der Waals surface area contributed by atoms with Gasteiger partial charge in [0.25, 0.3) is 5.91 Å². The third kappa shape index (κ3) is 2.92. The van der Waals surface area contributed by atoms with E-state index in [1.165, 1.54) is 0 Å². The SMILES string of the molecule is CNC(=O)c1ccn(C2CCCN(c3ccc4nc(C)nn4n3)C2)n1. The number of piperidine rings is 1.